The van der Waals surface area contributed by atoms with E-state index in [1.807, 2.05) is 31.2 Å². The summed E-state index contributed by atoms with van der Waals surface area (Å²) in [7, 11) is 2.07. The topological polar surface area (TPSA) is 39.8 Å². The van der Waals surface area contributed by atoms with Crippen molar-refractivity contribution < 1.29 is 0 Å². The lowest BCUT2D eigenvalue weighted by molar-refractivity contribution is 0.610. The third-order valence-electron chi connectivity index (χ3n) is 4.90. The Balaban J connectivity index is 1.96. The minimum absolute atomic E-state index is 0.0176. The van der Waals surface area contributed by atoms with Crippen LogP contribution in [0.1, 0.15) is 23.7 Å². The number of benzene rings is 2. The number of hydrogen-bond acceptors (Lipinski definition) is 2. The van der Waals surface area contributed by atoms with Crippen LogP contribution in [0.4, 0.5) is 0 Å². The fourth-order valence-corrected chi connectivity index (χ4v) is 3.70. The molecule has 0 N–H and O–H groups in total. The van der Waals surface area contributed by atoms with Crippen LogP contribution in [0.25, 0.3) is 21.7 Å². The van der Waals surface area contributed by atoms with E-state index in [0.29, 0.717) is 13.0 Å². The molecule has 2 heterocycles. The van der Waals surface area contributed by atoms with Crippen molar-refractivity contribution in [1.82, 2.24) is 14.3 Å². The molecule has 0 aliphatic heterocycles. The lowest BCUT2D eigenvalue weighted by atomic mass is 10.0. The van der Waals surface area contributed by atoms with E-state index in [2.05, 4.69) is 48.0 Å². The maximum absolute atomic E-state index is 12.5. The molecule has 0 spiro atoms. The van der Waals surface area contributed by atoms with Crippen molar-refractivity contribution in [3.63, 3.8) is 0 Å². The fourth-order valence-electron chi connectivity index (χ4n) is 3.70. The number of hydrogen-bond donors (Lipinski definition) is 0. The van der Waals surface area contributed by atoms with E-state index >= 15 is 0 Å². The van der Waals surface area contributed by atoms with Gasteiger partial charge in [-0.2, -0.15) is 5.10 Å². The van der Waals surface area contributed by atoms with Gasteiger partial charge in [-0.05, 0) is 37.1 Å². The van der Waals surface area contributed by atoms with Gasteiger partial charge >= 0.3 is 0 Å². The largest absolute Gasteiger partial charge is 0.350 e. The van der Waals surface area contributed by atoms with Crippen LogP contribution in [-0.2, 0) is 20.0 Å². The lowest BCUT2D eigenvalue weighted by Crippen LogP contribution is -2.23. The summed E-state index contributed by atoms with van der Waals surface area (Å²) in [4.78, 5) is 12.5. The molecule has 4 nitrogen and oxygen atoms in total. The molecular weight excluding hydrogens is 310 g/mol. The van der Waals surface area contributed by atoms with Crippen LogP contribution in [0.3, 0.4) is 0 Å². The van der Waals surface area contributed by atoms with Gasteiger partial charge in [-0.15, -0.1) is 0 Å². The maximum Gasteiger partial charge on any atom is 0.274 e. The smallest absolute Gasteiger partial charge is 0.274 e. The molecule has 4 rings (SSSR count). The van der Waals surface area contributed by atoms with Gasteiger partial charge in [-0.3, -0.25) is 4.79 Å². The summed E-state index contributed by atoms with van der Waals surface area (Å²) in [6.07, 6.45) is 2.89. The number of aromatic nitrogens is 3. The minimum atomic E-state index is -0.0176. The second-order valence-electron chi connectivity index (χ2n) is 6.52. The molecular formula is C21H21N3O. The van der Waals surface area contributed by atoms with Crippen molar-refractivity contribution in [3.8, 4) is 0 Å². The van der Waals surface area contributed by atoms with E-state index in [1.54, 1.807) is 4.68 Å². The molecule has 2 aromatic carbocycles. The molecule has 0 aliphatic rings. The third kappa shape index (κ3) is 2.45. The second kappa shape index (κ2) is 5.88. The Labute approximate surface area is 146 Å². The first kappa shape index (κ1) is 15.6. The summed E-state index contributed by atoms with van der Waals surface area (Å²) in [6, 6.07) is 14.1. The molecule has 0 fully saturated rings. The van der Waals surface area contributed by atoms with E-state index in [-0.39, 0.29) is 5.56 Å². The molecule has 4 heteroatoms. The SMILES string of the molecule is CCn1nc(Cc2cn(C)c3cccc(C)c23)c2ccccc2c1=O. The predicted octanol–water partition coefficient (Wildman–Crippen LogP) is 3.81. The number of aryl methyl sites for hydroxylation is 3. The molecule has 25 heavy (non-hydrogen) atoms. The zero-order valence-corrected chi connectivity index (χ0v) is 14.8. The Morgan fingerprint density at radius 1 is 1.04 bits per heavy atom. The molecule has 0 amide bonds. The molecule has 0 aliphatic carbocycles. The number of fused-ring (bicyclic) bond motifs is 2. The van der Waals surface area contributed by atoms with Crippen molar-refractivity contribution in [2.75, 3.05) is 0 Å². The standard InChI is InChI=1S/C21H21N3O/c1-4-24-21(25)17-10-6-5-9-16(17)18(22-24)12-15-13-23(3)19-11-7-8-14(2)20(15)19/h5-11,13H,4,12H2,1-3H3. The third-order valence-corrected chi connectivity index (χ3v) is 4.90. The molecule has 0 saturated heterocycles. The second-order valence-corrected chi connectivity index (χ2v) is 6.52. The zero-order valence-electron chi connectivity index (χ0n) is 14.8. The van der Waals surface area contributed by atoms with Crippen LogP contribution >= 0.6 is 0 Å². The summed E-state index contributed by atoms with van der Waals surface area (Å²) in [5, 5.41) is 7.63. The molecule has 4 aromatic rings. The van der Waals surface area contributed by atoms with Crippen molar-refractivity contribution in [2.24, 2.45) is 7.05 Å². The van der Waals surface area contributed by atoms with Gasteiger partial charge in [0.1, 0.15) is 0 Å². The number of nitrogens with zero attached hydrogens (tertiary/aromatic N) is 3. The Hall–Kier alpha value is -2.88. The molecule has 0 atom stereocenters. The van der Waals surface area contributed by atoms with E-state index in [4.69, 9.17) is 0 Å². The van der Waals surface area contributed by atoms with E-state index in [0.717, 1.165) is 16.5 Å². The van der Waals surface area contributed by atoms with Gasteiger partial charge in [0, 0.05) is 42.5 Å². The van der Waals surface area contributed by atoms with Gasteiger partial charge in [-0.1, -0.05) is 30.3 Å². The van der Waals surface area contributed by atoms with Crippen molar-refractivity contribution in [2.45, 2.75) is 26.8 Å². The Kier molecular flexibility index (Phi) is 3.68. The van der Waals surface area contributed by atoms with Gasteiger partial charge < -0.3 is 4.57 Å². The summed E-state index contributed by atoms with van der Waals surface area (Å²) in [6.45, 7) is 4.67. The summed E-state index contributed by atoms with van der Waals surface area (Å²) < 4.78 is 3.73. The normalized spacial score (nSPS) is 11.5. The monoisotopic (exact) mass is 331 g/mol. The highest BCUT2D eigenvalue weighted by Gasteiger charge is 2.14. The Morgan fingerprint density at radius 3 is 2.56 bits per heavy atom. The zero-order chi connectivity index (χ0) is 17.6. The summed E-state index contributed by atoms with van der Waals surface area (Å²) >= 11 is 0. The van der Waals surface area contributed by atoms with Crippen LogP contribution in [0.2, 0.25) is 0 Å². The first-order valence-corrected chi connectivity index (χ1v) is 8.62. The Morgan fingerprint density at radius 2 is 1.80 bits per heavy atom. The highest BCUT2D eigenvalue weighted by atomic mass is 16.1. The van der Waals surface area contributed by atoms with Crippen molar-refractivity contribution in [3.05, 3.63) is 75.8 Å². The van der Waals surface area contributed by atoms with Gasteiger partial charge in [0.25, 0.3) is 5.56 Å². The first-order valence-electron chi connectivity index (χ1n) is 8.62. The molecule has 0 unspecified atom stereocenters. The van der Waals surface area contributed by atoms with Crippen molar-refractivity contribution >= 4 is 21.7 Å². The van der Waals surface area contributed by atoms with Gasteiger partial charge in [-0.25, -0.2) is 4.68 Å². The van der Waals surface area contributed by atoms with E-state index in [9.17, 15) is 4.79 Å². The maximum atomic E-state index is 12.5. The Bertz CT molecular complexity index is 1150. The van der Waals surface area contributed by atoms with Crippen molar-refractivity contribution in [1.29, 1.82) is 0 Å². The van der Waals surface area contributed by atoms with Crippen LogP contribution in [0.5, 0.6) is 0 Å². The highest BCUT2D eigenvalue weighted by molar-refractivity contribution is 5.89. The molecule has 126 valence electrons. The summed E-state index contributed by atoms with van der Waals surface area (Å²) in [5.74, 6) is 0. The molecule has 2 aromatic heterocycles. The van der Waals surface area contributed by atoms with Crippen LogP contribution in [0.15, 0.2) is 53.5 Å². The van der Waals surface area contributed by atoms with Crippen LogP contribution in [-0.4, -0.2) is 14.3 Å². The van der Waals surface area contributed by atoms with E-state index in [1.165, 1.54) is 22.0 Å². The minimum Gasteiger partial charge on any atom is -0.350 e. The average molecular weight is 331 g/mol. The number of rotatable bonds is 3. The molecule has 0 bridgehead atoms. The van der Waals surface area contributed by atoms with E-state index < -0.39 is 0 Å². The quantitative estimate of drug-likeness (QED) is 0.573. The predicted molar refractivity (Wildman–Crippen MR) is 102 cm³/mol. The molecule has 0 saturated carbocycles. The van der Waals surface area contributed by atoms with Gasteiger partial charge in [0.05, 0.1) is 11.1 Å². The van der Waals surface area contributed by atoms with Gasteiger partial charge in [0.2, 0.25) is 0 Å². The average Bonchev–Trinajstić information content (AvgIpc) is 2.94. The van der Waals surface area contributed by atoms with Crippen LogP contribution < -0.4 is 5.56 Å². The first-order chi connectivity index (χ1) is 12.1. The molecule has 0 radical (unpaired) electrons. The lowest BCUT2D eigenvalue weighted by Gasteiger charge is -2.10. The van der Waals surface area contributed by atoms with Crippen LogP contribution in [0, 0.1) is 6.92 Å². The highest BCUT2D eigenvalue weighted by Crippen LogP contribution is 2.27. The van der Waals surface area contributed by atoms with Gasteiger partial charge in [0.15, 0.2) is 0 Å². The fraction of sp³-hybridized carbons (Fsp3) is 0.238. The summed E-state index contributed by atoms with van der Waals surface area (Å²) in [5.41, 5.74) is 4.67.